The average Bonchev–Trinajstić information content (AvgIpc) is 2.48. The fraction of sp³-hybridized carbons (Fsp3) is 1.00. The number of nitrogens with one attached hydrogen (secondary N) is 1. The van der Waals surface area contributed by atoms with Crippen molar-refractivity contribution in [3.63, 3.8) is 0 Å². The van der Waals surface area contributed by atoms with E-state index >= 15 is 0 Å². The molecule has 1 spiro atoms. The first kappa shape index (κ1) is 16.6. The molecule has 118 valence electrons. The third-order valence-corrected chi connectivity index (χ3v) is 5.95. The number of likely N-dealkylation sites (N-methyl/N-ethyl adjacent to an activating group) is 1. The van der Waals surface area contributed by atoms with Crippen LogP contribution in [0.1, 0.15) is 46.0 Å². The molecule has 2 aliphatic heterocycles. The van der Waals surface area contributed by atoms with Gasteiger partial charge in [-0.1, -0.05) is 6.92 Å². The second-order valence-electron chi connectivity index (χ2n) is 6.11. The molecule has 2 aliphatic rings. The summed E-state index contributed by atoms with van der Waals surface area (Å²) < 4.78 is 12.2. The normalized spacial score (nSPS) is 29.2. The Hall–Kier alpha value is 0.230. The summed E-state index contributed by atoms with van der Waals surface area (Å²) in [4.78, 5) is 0. The van der Waals surface area contributed by atoms with Gasteiger partial charge < -0.3 is 14.8 Å². The molecule has 0 aliphatic carbocycles. The Labute approximate surface area is 128 Å². The van der Waals surface area contributed by atoms with Crippen LogP contribution in [0, 0.1) is 5.92 Å². The van der Waals surface area contributed by atoms with Gasteiger partial charge in [0.2, 0.25) is 0 Å². The summed E-state index contributed by atoms with van der Waals surface area (Å²) in [5.41, 5.74) is 0.174. The van der Waals surface area contributed by atoms with Crippen LogP contribution in [0.4, 0.5) is 0 Å². The first-order valence-electron chi connectivity index (χ1n) is 8.25. The smallest absolute Gasteiger partial charge is 0.0727 e. The van der Waals surface area contributed by atoms with Crippen molar-refractivity contribution >= 4 is 11.8 Å². The largest absolute Gasteiger partial charge is 0.377 e. The molecule has 2 saturated heterocycles. The molecule has 2 rings (SSSR count). The molecule has 0 aromatic rings. The summed E-state index contributed by atoms with van der Waals surface area (Å²) in [6, 6.07) is 0.468. The molecule has 0 radical (unpaired) electrons. The zero-order valence-electron chi connectivity index (χ0n) is 13.3. The molecular formula is C16H31NO2S. The van der Waals surface area contributed by atoms with Gasteiger partial charge in [0.05, 0.1) is 11.7 Å². The third kappa shape index (κ3) is 3.90. The number of thioether (sulfide) groups is 1. The molecule has 4 heteroatoms. The van der Waals surface area contributed by atoms with E-state index in [1.807, 2.05) is 0 Å². The van der Waals surface area contributed by atoms with Gasteiger partial charge in [0.1, 0.15) is 0 Å². The lowest BCUT2D eigenvalue weighted by atomic mass is 9.77. The predicted octanol–water partition coefficient (Wildman–Crippen LogP) is 3.08. The lowest BCUT2D eigenvalue weighted by molar-refractivity contribution is -0.116. The Bertz CT molecular complexity index is 276. The summed E-state index contributed by atoms with van der Waals surface area (Å²) in [7, 11) is 2.09. The van der Waals surface area contributed by atoms with Crippen molar-refractivity contribution in [3.05, 3.63) is 0 Å². The Balaban J connectivity index is 2.01. The zero-order valence-corrected chi connectivity index (χ0v) is 14.1. The van der Waals surface area contributed by atoms with E-state index in [1.165, 1.54) is 37.2 Å². The molecule has 2 heterocycles. The second-order valence-corrected chi connectivity index (χ2v) is 7.34. The van der Waals surface area contributed by atoms with Crippen molar-refractivity contribution in [2.45, 2.75) is 63.7 Å². The summed E-state index contributed by atoms with van der Waals surface area (Å²) in [5, 5.41) is 3.54. The minimum absolute atomic E-state index is 0.174. The number of hydrogen-bond acceptors (Lipinski definition) is 4. The van der Waals surface area contributed by atoms with Crippen LogP contribution in [-0.2, 0) is 9.47 Å². The van der Waals surface area contributed by atoms with E-state index in [4.69, 9.17) is 9.47 Å². The topological polar surface area (TPSA) is 30.5 Å². The van der Waals surface area contributed by atoms with Crippen LogP contribution in [0.5, 0.6) is 0 Å². The lowest BCUT2D eigenvalue weighted by Gasteiger charge is -2.46. The minimum atomic E-state index is 0.174. The first-order valence-corrected chi connectivity index (χ1v) is 9.40. The quantitative estimate of drug-likeness (QED) is 0.817. The van der Waals surface area contributed by atoms with Gasteiger partial charge >= 0.3 is 0 Å². The summed E-state index contributed by atoms with van der Waals surface area (Å²) in [5.74, 6) is 3.22. The molecule has 0 bridgehead atoms. The summed E-state index contributed by atoms with van der Waals surface area (Å²) in [6.07, 6.45) is 6.27. The van der Waals surface area contributed by atoms with Crippen LogP contribution in [0.2, 0.25) is 0 Å². The first-order chi connectivity index (χ1) is 9.74. The predicted molar refractivity (Wildman–Crippen MR) is 86.5 cm³/mol. The Morgan fingerprint density at radius 2 is 2.10 bits per heavy atom. The molecule has 3 unspecified atom stereocenters. The molecule has 0 amide bonds. The van der Waals surface area contributed by atoms with Crippen molar-refractivity contribution in [2.24, 2.45) is 5.92 Å². The van der Waals surface area contributed by atoms with Crippen LogP contribution >= 0.6 is 11.8 Å². The molecule has 0 saturated carbocycles. The van der Waals surface area contributed by atoms with Crippen molar-refractivity contribution in [2.75, 3.05) is 31.8 Å². The van der Waals surface area contributed by atoms with Gasteiger partial charge in [-0.15, -0.1) is 0 Å². The monoisotopic (exact) mass is 301 g/mol. The van der Waals surface area contributed by atoms with E-state index in [2.05, 4.69) is 38.0 Å². The van der Waals surface area contributed by atoms with E-state index in [-0.39, 0.29) is 5.60 Å². The van der Waals surface area contributed by atoms with Crippen molar-refractivity contribution in [1.29, 1.82) is 0 Å². The fourth-order valence-corrected chi connectivity index (χ4v) is 5.12. The van der Waals surface area contributed by atoms with E-state index < -0.39 is 0 Å². The van der Waals surface area contributed by atoms with Crippen molar-refractivity contribution < 1.29 is 9.47 Å². The molecule has 20 heavy (non-hydrogen) atoms. The molecule has 3 atom stereocenters. The average molecular weight is 301 g/mol. The highest BCUT2D eigenvalue weighted by atomic mass is 32.2. The molecule has 1 N–H and O–H groups in total. The lowest BCUT2D eigenvalue weighted by Crippen LogP contribution is -2.52. The third-order valence-electron chi connectivity index (χ3n) is 4.96. The van der Waals surface area contributed by atoms with Crippen LogP contribution in [0.15, 0.2) is 0 Å². The van der Waals surface area contributed by atoms with E-state index in [9.17, 15) is 0 Å². The molecule has 0 aromatic heterocycles. The van der Waals surface area contributed by atoms with E-state index in [0.29, 0.717) is 18.1 Å². The maximum Gasteiger partial charge on any atom is 0.0727 e. The zero-order chi connectivity index (χ0) is 14.4. The summed E-state index contributed by atoms with van der Waals surface area (Å²) >= 11 is 2.08. The van der Waals surface area contributed by atoms with Gasteiger partial charge in [0.15, 0.2) is 0 Å². The van der Waals surface area contributed by atoms with Crippen LogP contribution in [-0.4, -0.2) is 49.5 Å². The van der Waals surface area contributed by atoms with Gasteiger partial charge in [0, 0.05) is 19.3 Å². The van der Waals surface area contributed by atoms with Crippen molar-refractivity contribution in [3.8, 4) is 0 Å². The van der Waals surface area contributed by atoms with Crippen LogP contribution in [0.25, 0.3) is 0 Å². The highest BCUT2D eigenvalue weighted by Gasteiger charge is 2.42. The summed E-state index contributed by atoms with van der Waals surface area (Å²) in [6.45, 7) is 6.06. The number of hydrogen-bond donors (Lipinski definition) is 1. The molecular weight excluding hydrogens is 270 g/mol. The van der Waals surface area contributed by atoms with Crippen LogP contribution in [0.3, 0.4) is 0 Å². The minimum Gasteiger partial charge on any atom is -0.377 e. The van der Waals surface area contributed by atoms with Gasteiger partial charge in [-0.05, 0) is 63.5 Å². The van der Waals surface area contributed by atoms with Gasteiger partial charge in [0.25, 0.3) is 0 Å². The Kier molecular flexibility index (Phi) is 6.66. The number of ether oxygens (including phenoxy) is 2. The maximum atomic E-state index is 6.22. The molecule has 3 nitrogen and oxygen atoms in total. The second kappa shape index (κ2) is 8.02. The van der Waals surface area contributed by atoms with Gasteiger partial charge in [-0.25, -0.2) is 0 Å². The molecule has 2 fully saturated rings. The Morgan fingerprint density at radius 1 is 1.35 bits per heavy atom. The van der Waals surface area contributed by atoms with Crippen molar-refractivity contribution in [1.82, 2.24) is 5.32 Å². The SMILES string of the molecule is CCOC(CC)C(NC)C1CCOC2(CCSCC2)C1. The Morgan fingerprint density at radius 3 is 2.70 bits per heavy atom. The highest BCUT2D eigenvalue weighted by molar-refractivity contribution is 7.99. The van der Waals surface area contributed by atoms with Gasteiger partial charge in [-0.2, -0.15) is 11.8 Å². The van der Waals surface area contributed by atoms with E-state index in [1.54, 1.807) is 0 Å². The maximum absolute atomic E-state index is 6.22. The number of rotatable bonds is 6. The highest BCUT2D eigenvalue weighted by Crippen LogP contribution is 2.41. The molecule has 0 aromatic carbocycles. The van der Waals surface area contributed by atoms with Gasteiger partial charge in [-0.3, -0.25) is 0 Å². The van der Waals surface area contributed by atoms with E-state index in [0.717, 1.165) is 19.6 Å². The standard InChI is InChI=1S/C16H31NO2S/c1-4-14(18-5-2)15(17-3)13-6-9-19-16(12-13)7-10-20-11-8-16/h13-15,17H,4-12H2,1-3H3. The fourth-order valence-electron chi connectivity index (χ4n) is 3.88. The van der Waals surface area contributed by atoms with Crippen LogP contribution < -0.4 is 5.32 Å².